The van der Waals surface area contributed by atoms with Crippen LogP contribution in [0.25, 0.3) is 10.9 Å². The number of hydrogen-bond acceptors (Lipinski definition) is 3. The van der Waals surface area contributed by atoms with Crippen LogP contribution in [-0.4, -0.2) is 29.4 Å². The molecule has 0 bridgehead atoms. The Morgan fingerprint density at radius 3 is 2.69 bits per heavy atom. The smallest absolute Gasteiger partial charge is 0.251 e. The number of carbonyl (C=O) groups excluding carboxylic acids is 2. The summed E-state index contributed by atoms with van der Waals surface area (Å²) >= 11 is 0. The molecule has 0 saturated carbocycles. The molecule has 0 unspecified atom stereocenters. The fourth-order valence-electron chi connectivity index (χ4n) is 3.48. The largest absolute Gasteiger partial charge is 0.361 e. The number of fused-ring (bicyclic) bond motifs is 1. The van der Waals surface area contributed by atoms with Crippen molar-refractivity contribution in [1.82, 2.24) is 10.3 Å². The zero-order valence-corrected chi connectivity index (χ0v) is 14.7. The molecule has 2 aromatic carbocycles. The van der Waals surface area contributed by atoms with Gasteiger partial charge < -0.3 is 10.3 Å². The van der Waals surface area contributed by atoms with Gasteiger partial charge in [0.05, 0.1) is 18.2 Å². The third-order valence-corrected chi connectivity index (χ3v) is 4.90. The van der Waals surface area contributed by atoms with Gasteiger partial charge in [0.25, 0.3) is 5.91 Å². The van der Waals surface area contributed by atoms with Crippen molar-refractivity contribution in [2.45, 2.75) is 25.8 Å². The molecular formula is C21H21N3O2. The number of nitrogens with one attached hydrogen (secondary N) is 2. The molecule has 3 aromatic rings. The molecule has 0 radical (unpaired) electrons. The number of aromatic nitrogens is 1. The number of aromatic amines is 1. The van der Waals surface area contributed by atoms with E-state index in [1.54, 1.807) is 0 Å². The first-order valence-corrected chi connectivity index (χ1v) is 8.85. The second kappa shape index (κ2) is 6.77. The van der Waals surface area contributed by atoms with E-state index in [1.165, 1.54) is 15.8 Å². The van der Waals surface area contributed by atoms with Crippen LogP contribution >= 0.6 is 0 Å². The molecular weight excluding hydrogens is 326 g/mol. The Morgan fingerprint density at radius 1 is 1.12 bits per heavy atom. The van der Waals surface area contributed by atoms with Gasteiger partial charge in [-0.15, -0.1) is 0 Å². The molecule has 1 fully saturated rings. The summed E-state index contributed by atoms with van der Waals surface area (Å²) in [4.78, 5) is 29.5. The molecule has 1 aliphatic heterocycles. The summed E-state index contributed by atoms with van der Waals surface area (Å²) in [5.41, 5.74) is 4.06. The standard InChI is InChI=1S/C21H21N3O2/c1-14-6-8-16(9-7-14)24-20(25)12-19(21(24)26)22-11-10-15-13-23-18-5-3-2-4-17(15)18/h2-9,13,19,22-23H,10-12H2,1H3/t19-/m1/s1. The Kier molecular flexibility index (Phi) is 4.31. The van der Waals surface area contributed by atoms with Gasteiger partial charge in [-0.2, -0.15) is 0 Å². The van der Waals surface area contributed by atoms with E-state index in [0.29, 0.717) is 12.2 Å². The summed E-state index contributed by atoms with van der Waals surface area (Å²) in [7, 11) is 0. The van der Waals surface area contributed by atoms with Crippen molar-refractivity contribution in [2.75, 3.05) is 11.4 Å². The number of amides is 2. The molecule has 1 atom stereocenters. The Labute approximate surface area is 152 Å². The van der Waals surface area contributed by atoms with Crippen LogP contribution in [0.5, 0.6) is 0 Å². The van der Waals surface area contributed by atoms with Crippen molar-refractivity contribution in [3.05, 3.63) is 65.9 Å². The number of para-hydroxylation sites is 1. The summed E-state index contributed by atoms with van der Waals surface area (Å²) in [5.74, 6) is -0.318. The highest BCUT2D eigenvalue weighted by Gasteiger charge is 2.39. The fraction of sp³-hybridized carbons (Fsp3) is 0.238. The predicted molar refractivity (Wildman–Crippen MR) is 102 cm³/mol. The lowest BCUT2D eigenvalue weighted by molar-refractivity contribution is -0.121. The van der Waals surface area contributed by atoms with E-state index in [4.69, 9.17) is 0 Å². The zero-order valence-electron chi connectivity index (χ0n) is 14.7. The second-order valence-corrected chi connectivity index (χ2v) is 6.72. The second-order valence-electron chi connectivity index (χ2n) is 6.72. The average Bonchev–Trinajstić information content (AvgIpc) is 3.17. The maximum absolute atomic E-state index is 12.6. The summed E-state index contributed by atoms with van der Waals surface area (Å²) in [6.45, 7) is 2.62. The van der Waals surface area contributed by atoms with Crippen molar-refractivity contribution in [3.63, 3.8) is 0 Å². The number of carbonyl (C=O) groups is 2. The zero-order chi connectivity index (χ0) is 18.1. The number of hydrogen-bond donors (Lipinski definition) is 2. The highest BCUT2D eigenvalue weighted by molar-refractivity contribution is 6.22. The molecule has 4 rings (SSSR count). The molecule has 0 aliphatic carbocycles. The lowest BCUT2D eigenvalue weighted by atomic mass is 10.1. The van der Waals surface area contributed by atoms with E-state index < -0.39 is 6.04 Å². The van der Waals surface area contributed by atoms with Gasteiger partial charge in [0.15, 0.2) is 0 Å². The molecule has 1 aromatic heterocycles. The Morgan fingerprint density at radius 2 is 1.88 bits per heavy atom. The van der Waals surface area contributed by atoms with E-state index in [-0.39, 0.29) is 18.2 Å². The minimum absolute atomic E-state index is 0.150. The van der Waals surface area contributed by atoms with E-state index >= 15 is 0 Å². The summed E-state index contributed by atoms with van der Waals surface area (Å²) in [5, 5.41) is 4.45. The highest BCUT2D eigenvalue weighted by Crippen LogP contribution is 2.23. The van der Waals surface area contributed by atoms with Gasteiger partial charge in [-0.25, -0.2) is 4.90 Å². The molecule has 132 valence electrons. The van der Waals surface area contributed by atoms with Crippen LogP contribution in [0.2, 0.25) is 0 Å². The van der Waals surface area contributed by atoms with Crippen LogP contribution in [-0.2, 0) is 16.0 Å². The monoisotopic (exact) mass is 347 g/mol. The maximum Gasteiger partial charge on any atom is 0.251 e. The Balaban J connectivity index is 1.40. The van der Waals surface area contributed by atoms with Gasteiger partial charge in [0.2, 0.25) is 5.91 Å². The summed E-state index contributed by atoms with van der Waals surface area (Å²) in [6.07, 6.45) is 3.01. The highest BCUT2D eigenvalue weighted by atomic mass is 16.2. The quantitative estimate of drug-likeness (QED) is 0.698. The molecule has 0 spiro atoms. The van der Waals surface area contributed by atoms with Crippen molar-refractivity contribution in [3.8, 4) is 0 Å². The molecule has 2 amide bonds. The summed E-state index contributed by atoms with van der Waals surface area (Å²) < 4.78 is 0. The minimum atomic E-state index is -0.450. The van der Waals surface area contributed by atoms with Crippen LogP contribution < -0.4 is 10.2 Å². The Bertz CT molecular complexity index is 959. The van der Waals surface area contributed by atoms with E-state index in [9.17, 15) is 9.59 Å². The number of aryl methyl sites for hydroxylation is 1. The van der Waals surface area contributed by atoms with Gasteiger partial charge in [0.1, 0.15) is 0 Å². The van der Waals surface area contributed by atoms with Gasteiger partial charge >= 0.3 is 0 Å². The lowest BCUT2D eigenvalue weighted by Gasteiger charge is -2.15. The van der Waals surface area contributed by atoms with E-state index in [0.717, 1.165) is 17.5 Å². The third kappa shape index (κ3) is 3.02. The van der Waals surface area contributed by atoms with E-state index in [1.807, 2.05) is 55.6 Å². The Hall–Kier alpha value is -2.92. The predicted octanol–water partition coefficient (Wildman–Crippen LogP) is 2.94. The maximum atomic E-state index is 12.6. The van der Waals surface area contributed by atoms with Crippen LogP contribution in [0.15, 0.2) is 54.7 Å². The molecule has 1 aliphatic rings. The van der Waals surface area contributed by atoms with Crippen LogP contribution in [0.1, 0.15) is 17.5 Å². The number of imide groups is 1. The molecule has 2 N–H and O–H groups in total. The molecule has 26 heavy (non-hydrogen) atoms. The normalized spacial score (nSPS) is 17.4. The van der Waals surface area contributed by atoms with Crippen molar-refractivity contribution in [1.29, 1.82) is 0 Å². The molecule has 1 saturated heterocycles. The van der Waals surface area contributed by atoms with Crippen molar-refractivity contribution < 1.29 is 9.59 Å². The molecule has 5 nitrogen and oxygen atoms in total. The number of benzene rings is 2. The van der Waals surface area contributed by atoms with Gasteiger partial charge in [-0.05, 0) is 37.1 Å². The minimum Gasteiger partial charge on any atom is -0.361 e. The third-order valence-electron chi connectivity index (χ3n) is 4.90. The topological polar surface area (TPSA) is 65.2 Å². The van der Waals surface area contributed by atoms with Gasteiger partial charge in [0, 0.05) is 23.6 Å². The number of anilines is 1. The van der Waals surface area contributed by atoms with Gasteiger partial charge in [-0.1, -0.05) is 35.9 Å². The summed E-state index contributed by atoms with van der Waals surface area (Å²) in [6, 6.07) is 15.2. The first kappa shape index (κ1) is 16.5. The van der Waals surface area contributed by atoms with Crippen LogP contribution in [0, 0.1) is 6.92 Å². The lowest BCUT2D eigenvalue weighted by Crippen LogP contribution is -2.39. The average molecular weight is 347 g/mol. The molecule has 5 heteroatoms. The first-order valence-electron chi connectivity index (χ1n) is 8.85. The van der Waals surface area contributed by atoms with E-state index in [2.05, 4.69) is 16.4 Å². The number of rotatable bonds is 5. The van der Waals surface area contributed by atoms with Crippen LogP contribution in [0.3, 0.4) is 0 Å². The fourth-order valence-corrected chi connectivity index (χ4v) is 3.48. The SMILES string of the molecule is Cc1ccc(N2C(=O)C[C@@H](NCCc3c[nH]c4ccccc34)C2=O)cc1. The number of H-pyrrole nitrogens is 1. The van der Waals surface area contributed by atoms with Gasteiger partial charge in [-0.3, -0.25) is 9.59 Å². The number of nitrogens with zero attached hydrogens (tertiary/aromatic N) is 1. The first-order chi connectivity index (χ1) is 12.6. The van der Waals surface area contributed by atoms with Crippen LogP contribution in [0.4, 0.5) is 5.69 Å². The molecule has 2 heterocycles. The van der Waals surface area contributed by atoms with Crippen molar-refractivity contribution >= 4 is 28.4 Å². The van der Waals surface area contributed by atoms with Crippen molar-refractivity contribution in [2.24, 2.45) is 0 Å².